The molecule has 1 aromatic carbocycles. The Morgan fingerprint density at radius 2 is 2.15 bits per heavy atom. The molecular formula is C13H17BrFN3O2. The van der Waals surface area contributed by atoms with E-state index in [1.807, 2.05) is 0 Å². The van der Waals surface area contributed by atoms with E-state index >= 15 is 0 Å². The van der Waals surface area contributed by atoms with Crippen molar-refractivity contribution in [3.63, 3.8) is 0 Å². The second-order valence-corrected chi connectivity index (χ2v) is 5.19. The zero-order chi connectivity index (χ0) is 15.1. The molecule has 0 aliphatic carbocycles. The predicted octanol–water partition coefficient (Wildman–Crippen LogP) is 1.17. The Bertz CT molecular complexity index is 497. The van der Waals surface area contributed by atoms with Crippen LogP contribution in [0.4, 0.5) is 4.39 Å². The van der Waals surface area contributed by atoms with E-state index < -0.39 is 11.7 Å². The van der Waals surface area contributed by atoms with Crippen LogP contribution in [0, 0.1) is 5.82 Å². The molecule has 0 aromatic heterocycles. The number of carbonyl (C=O) groups excluding carboxylic acids is 2. The van der Waals surface area contributed by atoms with Gasteiger partial charge in [-0.2, -0.15) is 0 Å². The van der Waals surface area contributed by atoms with Gasteiger partial charge in [0.1, 0.15) is 5.82 Å². The Labute approximate surface area is 125 Å². The zero-order valence-corrected chi connectivity index (χ0v) is 12.7. The number of rotatable bonds is 6. The molecule has 0 aliphatic rings. The lowest BCUT2D eigenvalue weighted by atomic mass is 10.2. The lowest BCUT2D eigenvalue weighted by molar-refractivity contribution is -0.121. The van der Waals surface area contributed by atoms with E-state index in [9.17, 15) is 14.0 Å². The fraction of sp³-hybridized carbons (Fsp3) is 0.385. The number of carbonyl (C=O) groups is 2. The first-order chi connectivity index (χ1) is 9.43. The molecule has 2 amide bonds. The molecule has 0 bridgehead atoms. The van der Waals surface area contributed by atoms with Crippen LogP contribution in [0.2, 0.25) is 0 Å². The number of halogens is 2. The minimum atomic E-state index is -0.493. The molecular weight excluding hydrogens is 329 g/mol. The van der Waals surface area contributed by atoms with Crippen molar-refractivity contribution in [2.75, 3.05) is 13.1 Å². The van der Waals surface area contributed by atoms with Crippen LogP contribution in [0.5, 0.6) is 0 Å². The summed E-state index contributed by atoms with van der Waals surface area (Å²) < 4.78 is 13.6. The maximum atomic E-state index is 13.1. The van der Waals surface area contributed by atoms with Crippen molar-refractivity contribution in [3.8, 4) is 0 Å². The number of amides is 2. The Morgan fingerprint density at radius 1 is 1.45 bits per heavy atom. The molecule has 5 nitrogen and oxygen atoms in total. The van der Waals surface area contributed by atoms with Crippen molar-refractivity contribution in [3.05, 3.63) is 34.1 Å². The highest BCUT2D eigenvalue weighted by atomic mass is 79.9. The molecule has 1 aromatic rings. The summed E-state index contributed by atoms with van der Waals surface area (Å²) in [5, 5.41) is 5.24. The number of benzene rings is 1. The first-order valence-corrected chi connectivity index (χ1v) is 6.96. The SMILES string of the molecule is C[C@@H](CN)NC(=O)CCNC(=O)c1cc(F)ccc1Br. The summed E-state index contributed by atoms with van der Waals surface area (Å²) >= 11 is 3.17. The van der Waals surface area contributed by atoms with Crippen molar-refractivity contribution in [1.29, 1.82) is 0 Å². The highest BCUT2D eigenvalue weighted by molar-refractivity contribution is 9.10. The molecule has 1 atom stereocenters. The van der Waals surface area contributed by atoms with Crippen LogP contribution in [0.3, 0.4) is 0 Å². The summed E-state index contributed by atoms with van der Waals surface area (Å²) in [4.78, 5) is 23.3. The molecule has 0 unspecified atom stereocenters. The van der Waals surface area contributed by atoms with E-state index in [1.54, 1.807) is 6.92 Å². The Hall–Kier alpha value is -1.47. The van der Waals surface area contributed by atoms with E-state index in [-0.39, 0.29) is 30.5 Å². The highest BCUT2D eigenvalue weighted by Gasteiger charge is 2.12. The molecule has 110 valence electrons. The van der Waals surface area contributed by atoms with Crippen LogP contribution in [-0.4, -0.2) is 30.9 Å². The molecule has 0 fully saturated rings. The third-order valence-electron chi connectivity index (χ3n) is 2.57. The molecule has 0 saturated carbocycles. The van der Waals surface area contributed by atoms with Gasteiger partial charge in [-0.05, 0) is 41.1 Å². The smallest absolute Gasteiger partial charge is 0.252 e. The lowest BCUT2D eigenvalue weighted by Crippen LogP contribution is -2.39. The molecule has 1 rings (SSSR count). The monoisotopic (exact) mass is 345 g/mol. The third kappa shape index (κ3) is 5.26. The van der Waals surface area contributed by atoms with Gasteiger partial charge in [-0.3, -0.25) is 9.59 Å². The van der Waals surface area contributed by atoms with Crippen LogP contribution in [0.1, 0.15) is 23.7 Å². The first kappa shape index (κ1) is 16.6. The molecule has 0 radical (unpaired) electrons. The first-order valence-electron chi connectivity index (χ1n) is 6.16. The highest BCUT2D eigenvalue weighted by Crippen LogP contribution is 2.17. The van der Waals surface area contributed by atoms with Gasteiger partial charge < -0.3 is 16.4 Å². The largest absolute Gasteiger partial charge is 0.352 e. The fourth-order valence-corrected chi connectivity index (χ4v) is 1.89. The minimum Gasteiger partial charge on any atom is -0.352 e. The van der Waals surface area contributed by atoms with E-state index in [2.05, 4.69) is 26.6 Å². The van der Waals surface area contributed by atoms with Crippen molar-refractivity contribution in [1.82, 2.24) is 10.6 Å². The van der Waals surface area contributed by atoms with Gasteiger partial charge in [0.05, 0.1) is 5.56 Å². The van der Waals surface area contributed by atoms with Crippen molar-refractivity contribution in [2.45, 2.75) is 19.4 Å². The number of nitrogens with one attached hydrogen (secondary N) is 2. The summed E-state index contributed by atoms with van der Waals surface area (Å²) in [7, 11) is 0. The predicted molar refractivity (Wildman–Crippen MR) is 77.7 cm³/mol. The quantitative estimate of drug-likeness (QED) is 0.723. The number of hydrogen-bond donors (Lipinski definition) is 3. The van der Waals surface area contributed by atoms with Gasteiger partial charge in [0.2, 0.25) is 5.91 Å². The lowest BCUT2D eigenvalue weighted by Gasteiger charge is -2.11. The minimum absolute atomic E-state index is 0.101. The number of nitrogens with two attached hydrogens (primary N) is 1. The van der Waals surface area contributed by atoms with Crippen LogP contribution in [-0.2, 0) is 4.79 Å². The van der Waals surface area contributed by atoms with Gasteiger partial charge in [0, 0.05) is 30.0 Å². The molecule has 4 N–H and O–H groups in total. The van der Waals surface area contributed by atoms with E-state index in [0.29, 0.717) is 11.0 Å². The Morgan fingerprint density at radius 3 is 2.80 bits per heavy atom. The second-order valence-electron chi connectivity index (χ2n) is 4.33. The van der Waals surface area contributed by atoms with Gasteiger partial charge in [0.15, 0.2) is 0 Å². The van der Waals surface area contributed by atoms with Crippen molar-refractivity contribution >= 4 is 27.7 Å². The summed E-state index contributed by atoms with van der Waals surface area (Å²) in [6.07, 6.45) is 0.142. The average molecular weight is 346 g/mol. The molecule has 0 aliphatic heterocycles. The van der Waals surface area contributed by atoms with Gasteiger partial charge in [0.25, 0.3) is 5.91 Å². The normalized spacial score (nSPS) is 11.8. The van der Waals surface area contributed by atoms with Gasteiger partial charge >= 0.3 is 0 Å². The van der Waals surface area contributed by atoms with Crippen LogP contribution in [0.25, 0.3) is 0 Å². The standard InChI is InChI=1S/C13H17BrFN3O2/c1-8(7-16)18-12(19)4-5-17-13(20)10-6-9(15)2-3-11(10)14/h2-3,6,8H,4-5,7,16H2,1H3,(H,17,20)(H,18,19)/t8-/m0/s1. The molecule has 20 heavy (non-hydrogen) atoms. The summed E-state index contributed by atoms with van der Waals surface area (Å²) in [5.74, 6) is -1.12. The van der Waals surface area contributed by atoms with E-state index in [4.69, 9.17) is 5.73 Å². The summed E-state index contributed by atoms with van der Waals surface area (Å²) in [6, 6.07) is 3.74. The molecule has 0 heterocycles. The van der Waals surface area contributed by atoms with Gasteiger partial charge in [-0.15, -0.1) is 0 Å². The van der Waals surface area contributed by atoms with Crippen molar-refractivity contribution in [2.24, 2.45) is 5.73 Å². The van der Waals surface area contributed by atoms with Crippen molar-refractivity contribution < 1.29 is 14.0 Å². The maximum absolute atomic E-state index is 13.1. The van der Waals surface area contributed by atoms with E-state index in [0.717, 1.165) is 6.07 Å². The van der Waals surface area contributed by atoms with Crippen LogP contribution >= 0.6 is 15.9 Å². The Kier molecular flexibility index (Phi) is 6.60. The third-order valence-corrected chi connectivity index (χ3v) is 3.26. The van der Waals surface area contributed by atoms with Crippen LogP contribution < -0.4 is 16.4 Å². The van der Waals surface area contributed by atoms with Gasteiger partial charge in [-0.1, -0.05) is 0 Å². The maximum Gasteiger partial charge on any atom is 0.252 e. The average Bonchev–Trinajstić information content (AvgIpc) is 2.41. The van der Waals surface area contributed by atoms with Crippen LogP contribution in [0.15, 0.2) is 22.7 Å². The molecule has 0 spiro atoms. The second kappa shape index (κ2) is 7.96. The topological polar surface area (TPSA) is 84.2 Å². The summed E-state index contributed by atoms with van der Waals surface area (Å²) in [6.45, 7) is 2.32. The fourth-order valence-electron chi connectivity index (χ4n) is 1.46. The molecule has 0 saturated heterocycles. The zero-order valence-electron chi connectivity index (χ0n) is 11.1. The van der Waals surface area contributed by atoms with E-state index in [1.165, 1.54) is 12.1 Å². The Balaban J connectivity index is 2.44. The summed E-state index contributed by atoms with van der Waals surface area (Å²) in [5.41, 5.74) is 5.57. The van der Waals surface area contributed by atoms with Gasteiger partial charge in [-0.25, -0.2) is 4.39 Å². The number of hydrogen-bond acceptors (Lipinski definition) is 3. The molecule has 7 heteroatoms.